The summed E-state index contributed by atoms with van der Waals surface area (Å²) in [7, 11) is 0. The fourth-order valence-corrected chi connectivity index (χ4v) is 3.96. The Kier molecular flexibility index (Phi) is 5.43. The molecule has 4 nitrogen and oxygen atoms in total. The molecule has 0 saturated heterocycles. The van der Waals surface area contributed by atoms with Crippen LogP contribution in [0.4, 0.5) is 0 Å². The summed E-state index contributed by atoms with van der Waals surface area (Å²) in [4.78, 5) is 0. The Balaban J connectivity index is 1.95. The Bertz CT molecular complexity index is 1210. The lowest BCUT2D eigenvalue weighted by atomic mass is 9.92. The van der Waals surface area contributed by atoms with Crippen LogP contribution in [-0.2, 0) is 5.41 Å². The molecule has 0 fully saturated rings. The lowest BCUT2D eigenvalue weighted by molar-refractivity contribution is 0.567. The molecule has 7 heteroatoms. The van der Waals surface area contributed by atoms with Gasteiger partial charge in [-0.05, 0) is 43.3 Å². The number of aromatic nitrogens is 4. The van der Waals surface area contributed by atoms with Crippen molar-refractivity contribution >= 4 is 34.8 Å². The molecular formula is C23H21Cl3N4. The van der Waals surface area contributed by atoms with E-state index in [0.29, 0.717) is 15.1 Å². The molecule has 0 radical (unpaired) electrons. The fraction of sp³-hybridized carbons (Fsp3) is 0.217. The molecule has 4 aromatic rings. The summed E-state index contributed by atoms with van der Waals surface area (Å²) < 4.78 is 1.85. The summed E-state index contributed by atoms with van der Waals surface area (Å²) in [5, 5.41) is 14.3. The molecule has 0 aliphatic heterocycles. The van der Waals surface area contributed by atoms with Gasteiger partial charge in [0.15, 0.2) is 0 Å². The third kappa shape index (κ3) is 3.87. The second-order valence-corrected chi connectivity index (χ2v) is 9.53. The maximum absolute atomic E-state index is 6.53. The summed E-state index contributed by atoms with van der Waals surface area (Å²) in [6, 6.07) is 15.1. The van der Waals surface area contributed by atoms with Crippen molar-refractivity contribution in [3.8, 4) is 28.3 Å². The van der Waals surface area contributed by atoms with Crippen molar-refractivity contribution in [3.63, 3.8) is 0 Å². The molecule has 0 saturated carbocycles. The smallest absolute Gasteiger partial charge is 0.117 e. The lowest BCUT2D eigenvalue weighted by Gasteiger charge is -2.14. The highest BCUT2D eigenvalue weighted by Crippen LogP contribution is 2.36. The van der Waals surface area contributed by atoms with Gasteiger partial charge in [0.2, 0.25) is 0 Å². The van der Waals surface area contributed by atoms with Gasteiger partial charge in [0.1, 0.15) is 11.4 Å². The monoisotopic (exact) mass is 458 g/mol. The van der Waals surface area contributed by atoms with Crippen molar-refractivity contribution < 1.29 is 0 Å². The number of halogens is 3. The number of H-pyrrole nitrogens is 1. The molecule has 0 atom stereocenters. The Morgan fingerprint density at radius 3 is 2.17 bits per heavy atom. The van der Waals surface area contributed by atoms with Crippen LogP contribution in [0, 0.1) is 6.92 Å². The van der Waals surface area contributed by atoms with E-state index >= 15 is 0 Å². The highest BCUT2D eigenvalue weighted by Gasteiger charge is 2.23. The molecular weight excluding hydrogens is 439 g/mol. The van der Waals surface area contributed by atoms with E-state index in [0.717, 1.165) is 39.6 Å². The van der Waals surface area contributed by atoms with Crippen LogP contribution in [0.5, 0.6) is 0 Å². The minimum Gasteiger partial charge on any atom is -0.281 e. The van der Waals surface area contributed by atoms with Gasteiger partial charge in [-0.1, -0.05) is 67.7 Å². The topological polar surface area (TPSA) is 46.5 Å². The minimum absolute atomic E-state index is 0.0415. The maximum atomic E-state index is 6.53. The highest BCUT2D eigenvalue weighted by molar-refractivity contribution is 6.35. The quantitative estimate of drug-likeness (QED) is 0.345. The molecule has 2 aromatic heterocycles. The normalized spacial score (nSPS) is 11.8. The van der Waals surface area contributed by atoms with E-state index in [-0.39, 0.29) is 5.41 Å². The van der Waals surface area contributed by atoms with E-state index in [2.05, 4.69) is 37.0 Å². The van der Waals surface area contributed by atoms with E-state index in [4.69, 9.17) is 39.9 Å². The third-order valence-corrected chi connectivity index (χ3v) is 5.80. The predicted octanol–water partition coefficient (Wildman–Crippen LogP) is 7.50. The number of rotatable bonds is 3. The van der Waals surface area contributed by atoms with Crippen LogP contribution < -0.4 is 0 Å². The molecule has 0 spiro atoms. The summed E-state index contributed by atoms with van der Waals surface area (Å²) in [5.74, 6) is 0. The van der Waals surface area contributed by atoms with Crippen molar-refractivity contribution in [3.05, 3.63) is 74.9 Å². The molecule has 0 unspecified atom stereocenters. The second kappa shape index (κ2) is 7.77. The van der Waals surface area contributed by atoms with Gasteiger partial charge >= 0.3 is 0 Å². The number of hydrogen-bond acceptors (Lipinski definition) is 2. The summed E-state index contributed by atoms with van der Waals surface area (Å²) in [6.07, 6.45) is 0. The molecule has 2 aromatic carbocycles. The van der Waals surface area contributed by atoms with E-state index in [9.17, 15) is 0 Å². The van der Waals surface area contributed by atoms with Crippen molar-refractivity contribution in [1.29, 1.82) is 0 Å². The van der Waals surface area contributed by atoms with E-state index in [1.807, 2.05) is 41.9 Å². The van der Waals surface area contributed by atoms with Crippen LogP contribution in [0.1, 0.15) is 32.0 Å². The zero-order chi connectivity index (χ0) is 21.6. The molecule has 0 bridgehead atoms. The predicted molar refractivity (Wildman–Crippen MR) is 125 cm³/mol. The van der Waals surface area contributed by atoms with Gasteiger partial charge in [0.05, 0.1) is 16.4 Å². The van der Waals surface area contributed by atoms with Gasteiger partial charge < -0.3 is 0 Å². The first-order valence-electron chi connectivity index (χ1n) is 9.52. The first kappa shape index (κ1) is 21.0. The average molecular weight is 460 g/mol. The van der Waals surface area contributed by atoms with Gasteiger partial charge in [-0.25, -0.2) is 4.68 Å². The standard InChI is InChI=1S/C23H21Cl3N4/c1-13-21(18-12-20(28-27-18)23(2,3)4)29-30(19-10-9-16(25)11-17(19)26)22(13)14-5-7-15(24)8-6-14/h5-12H,1-4H3,(H,27,28). The summed E-state index contributed by atoms with van der Waals surface area (Å²) >= 11 is 18.8. The number of hydrogen-bond donors (Lipinski definition) is 1. The van der Waals surface area contributed by atoms with Gasteiger partial charge in [-0.2, -0.15) is 10.2 Å². The molecule has 2 heterocycles. The summed E-state index contributed by atoms with van der Waals surface area (Å²) in [5.41, 5.74) is 6.22. The molecule has 4 rings (SSSR count). The number of nitrogens with one attached hydrogen (secondary N) is 1. The van der Waals surface area contributed by atoms with Gasteiger partial charge in [-0.15, -0.1) is 0 Å². The highest BCUT2D eigenvalue weighted by atomic mass is 35.5. The van der Waals surface area contributed by atoms with Gasteiger partial charge in [0, 0.05) is 32.3 Å². The first-order chi connectivity index (χ1) is 14.1. The Labute approximate surface area is 190 Å². The molecule has 0 amide bonds. The molecule has 30 heavy (non-hydrogen) atoms. The van der Waals surface area contributed by atoms with Crippen molar-refractivity contribution in [2.75, 3.05) is 0 Å². The SMILES string of the molecule is Cc1c(-c2cc(C(C)(C)C)[nH]n2)nn(-c2ccc(Cl)cc2Cl)c1-c1ccc(Cl)cc1. The van der Waals surface area contributed by atoms with Crippen LogP contribution in [0.2, 0.25) is 15.1 Å². The lowest BCUT2D eigenvalue weighted by Crippen LogP contribution is -2.11. The fourth-order valence-electron chi connectivity index (χ4n) is 3.34. The third-order valence-electron chi connectivity index (χ3n) is 5.01. The van der Waals surface area contributed by atoms with E-state index < -0.39 is 0 Å². The van der Waals surface area contributed by atoms with E-state index in [1.165, 1.54) is 0 Å². The van der Waals surface area contributed by atoms with Crippen molar-refractivity contribution in [2.24, 2.45) is 0 Å². The maximum Gasteiger partial charge on any atom is 0.117 e. The van der Waals surface area contributed by atoms with Gasteiger partial charge in [-0.3, -0.25) is 5.10 Å². The van der Waals surface area contributed by atoms with Gasteiger partial charge in [0.25, 0.3) is 0 Å². The van der Waals surface area contributed by atoms with Crippen LogP contribution >= 0.6 is 34.8 Å². The van der Waals surface area contributed by atoms with Crippen molar-refractivity contribution in [1.82, 2.24) is 20.0 Å². The number of benzene rings is 2. The molecule has 0 aliphatic rings. The number of nitrogens with zero attached hydrogens (tertiary/aromatic N) is 3. The first-order valence-corrected chi connectivity index (χ1v) is 10.7. The molecule has 1 N–H and O–H groups in total. The van der Waals surface area contributed by atoms with Crippen LogP contribution in [0.15, 0.2) is 48.5 Å². The summed E-state index contributed by atoms with van der Waals surface area (Å²) in [6.45, 7) is 8.46. The van der Waals surface area contributed by atoms with E-state index in [1.54, 1.807) is 12.1 Å². The largest absolute Gasteiger partial charge is 0.281 e. The Hall–Kier alpha value is -2.27. The zero-order valence-corrected chi connectivity index (χ0v) is 19.4. The molecule has 0 aliphatic carbocycles. The van der Waals surface area contributed by atoms with Crippen molar-refractivity contribution in [2.45, 2.75) is 33.1 Å². The Morgan fingerprint density at radius 1 is 0.900 bits per heavy atom. The van der Waals surface area contributed by atoms with Crippen LogP contribution in [0.3, 0.4) is 0 Å². The minimum atomic E-state index is -0.0415. The molecule has 154 valence electrons. The number of aromatic amines is 1. The van der Waals surface area contributed by atoms with Crippen LogP contribution in [-0.4, -0.2) is 20.0 Å². The average Bonchev–Trinajstić information content (AvgIpc) is 3.28. The Morgan fingerprint density at radius 2 is 1.57 bits per heavy atom. The zero-order valence-electron chi connectivity index (χ0n) is 17.1. The second-order valence-electron chi connectivity index (χ2n) is 8.25. The van der Waals surface area contributed by atoms with Crippen LogP contribution in [0.25, 0.3) is 28.3 Å².